The van der Waals surface area contributed by atoms with Gasteiger partial charge < -0.3 is 9.42 Å². The summed E-state index contributed by atoms with van der Waals surface area (Å²) < 4.78 is 33.0. The van der Waals surface area contributed by atoms with E-state index < -0.39 is 10.0 Å². The molecule has 0 bridgehead atoms. The number of nitrogens with zero attached hydrogens (tertiary/aromatic N) is 2. The maximum absolute atomic E-state index is 12.7. The molecule has 29 heavy (non-hydrogen) atoms. The number of rotatable bonds is 5. The second-order valence-corrected chi connectivity index (χ2v) is 8.66. The summed E-state index contributed by atoms with van der Waals surface area (Å²) in [6.45, 7) is 0.905. The Morgan fingerprint density at radius 2 is 1.62 bits per heavy atom. The van der Waals surface area contributed by atoms with Crippen molar-refractivity contribution in [1.82, 2.24) is 14.8 Å². The molecule has 4 rings (SSSR count). The van der Waals surface area contributed by atoms with Crippen molar-refractivity contribution in [1.29, 1.82) is 0 Å². The Hall–Kier alpha value is -2.97. The summed E-state index contributed by atoms with van der Waals surface area (Å²) in [4.78, 5) is 14.6. The van der Waals surface area contributed by atoms with Crippen LogP contribution in [0.5, 0.6) is 0 Å². The number of aromatic nitrogens is 1. The van der Waals surface area contributed by atoms with Gasteiger partial charge in [0.25, 0.3) is 5.91 Å². The van der Waals surface area contributed by atoms with Gasteiger partial charge >= 0.3 is 0 Å². The SMILES string of the molecule is O=C(c1cc(-c2ccccc2)on1)N1CCC(NS(=O)(=O)c2ccccc2)CC1. The molecule has 1 N–H and O–H groups in total. The van der Waals surface area contributed by atoms with Crippen LogP contribution in [-0.2, 0) is 10.0 Å². The van der Waals surface area contributed by atoms with Crippen molar-refractivity contribution >= 4 is 15.9 Å². The Kier molecular flexibility index (Phi) is 5.46. The lowest BCUT2D eigenvalue weighted by Gasteiger charge is -2.31. The first-order valence-electron chi connectivity index (χ1n) is 9.42. The van der Waals surface area contributed by atoms with Crippen molar-refractivity contribution < 1.29 is 17.7 Å². The van der Waals surface area contributed by atoms with Crippen LogP contribution >= 0.6 is 0 Å². The van der Waals surface area contributed by atoms with Crippen LogP contribution < -0.4 is 4.72 Å². The molecule has 2 aromatic carbocycles. The highest BCUT2D eigenvalue weighted by molar-refractivity contribution is 7.89. The lowest BCUT2D eigenvalue weighted by Crippen LogP contribution is -2.46. The lowest BCUT2D eigenvalue weighted by atomic mass is 10.1. The molecule has 1 aromatic heterocycles. The van der Waals surface area contributed by atoms with Gasteiger partial charge in [-0.15, -0.1) is 0 Å². The molecule has 0 aliphatic carbocycles. The Labute approximate surface area is 169 Å². The molecule has 0 radical (unpaired) electrons. The second kappa shape index (κ2) is 8.18. The van der Waals surface area contributed by atoms with Crippen LogP contribution in [0, 0.1) is 0 Å². The average Bonchev–Trinajstić information content (AvgIpc) is 3.25. The fourth-order valence-corrected chi connectivity index (χ4v) is 4.69. The van der Waals surface area contributed by atoms with E-state index in [0.29, 0.717) is 31.7 Å². The number of likely N-dealkylation sites (tertiary alicyclic amines) is 1. The van der Waals surface area contributed by atoms with Gasteiger partial charge in [0.05, 0.1) is 4.90 Å². The molecule has 150 valence electrons. The van der Waals surface area contributed by atoms with Gasteiger partial charge in [-0.3, -0.25) is 4.79 Å². The topological polar surface area (TPSA) is 92.5 Å². The quantitative estimate of drug-likeness (QED) is 0.697. The minimum absolute atomic E-state index is 0.207. The fraction of sp³-hybridized carbons (Fsp3) is 0.238. The second-order valence-electron chi connectivity index (χ2n) is 6.94. The van der Waals surface area contributed by atoms with Gasteiger partial charge in [0.2, 0.25) is 10.0 Å². The molecule has 8 heteroatoms. The molecule has 3 aromatic rings. The first-order chi connectivity index (χ1) is 14.0. The van der Waals surface area contributed by atoms with E-state index >= 15 is 0 Å². The van der Waals surface area contributed by atoms with Crippen LogP contribution in [0.3, 0.4) is 0 Å². The Balaban J connectivity index is 1.36. The maximum Gasteiger partial charge on any atom is 0.276 e. The molecule has 1 amide bonds. The molecule has 7 nitrogen and oxygen atoms in total. The molecule has 1 saturated heterocycles. The number of benzene rings is 2. The number of hydrogen-bond donors (Lipinski definition) is 1. The van der Waals surface area contributed by atoms with Gasteiger partial charge in [-0.1, -0.05) is 53.7 Å². The lowest BCUT2D eigenvalue weighted by molar-refractivity contribution is 0.0701. The summed E-state index contributed by atoms with van der Waals surface area (Å²) in [5, 5.41) is 3.91. The van der Waals surface area contributed by atoms with Gasteiger partial charge in [-0.2, -0.15) is 0 Å². The Morgan fingerprint density at radius 1 is 1.00 bits per heavy atom. The van der Waals surface area contributed by atoms with Crippen molar-refractivity contribution in [2.75, 3.05) is 13.1 Å². The third-order valence-electron chi connectivity index (χ3n) is 4.95. The number of amides is 1. The number of nitrogens with one attached hydrogen (secondary N) is 1. The number of carbonyl (C=O) groups excluding carboxylic acids is 1. The molecule has 1 aliphatic rings. The van der Waals surface area contributed by atoms with Gasteiger partial charge in [-0.25, -0.2) is 13.1 Å². The molecule has 0 atom stereocenters. The fourth-order valence-electron chi connectivity index (χ4n) is 3.36. The van der Waals surface area contributed by atoms with E-state index in [1.165, 1.54) is 0 Å². The minimum atomic E-state index is -3.56. The summed E-state index contributed by atoms with van der Waals surface area (Å²) in [5.74, 6) is 0.333. The average molecular weight is 411 g/mol. The van der Waals surface area contributed by atoms with E-state index in [1.54, 1.807) is 41.3 Å². The summed E-state index contributed by atoms with van der Waals surface area (Å²) in [6, 6.07) is 19.2. The number of carbonyl (C=O) groups is 1. The zero-order chi connectivity index (χ0) is 20.3. The van der Waals surface area contributed by atoms with Crippen LogP contribution in [0.4, 0.5) is 0 Å². The predicted molar refractivity (Wildman–Crippen MR) is 108 cm³/mol. The van der Waals surface area contributed by atoms with E-state index in [1.807, 2.05) is 30.3 Å². The van der Waals surface area contributed by atoms with E-state index in [9.17, 15) is 13.2 Å². The molecule has 1 fully saturated rings. The number of hydrogen-bond acceptors (Lipinski definition) is 5. The zero-order valence-corrected chi connectivity index (χ0v) is 16.5. The summed E-state index contributed by atoms with van der Waals surface area (Å²) in [7, 11) is -3.56. The van der Waals surface area contributed by atoms with E-state index in [-0.39, 0.29) is 22.5 Å². The van der Waals surface area contributed by atoms with E-state index in [2.05, 4.69) is 9.88 Å². The van der Waals surface area contributed by atoms with Crippen molar-refractivity contribution in [2.45, 2.75) is 23.8 Å². The molecule has 2 heterocycles. The van der Waals surface area contributed by atoms with E-state index in [4.69, 9.17) is 4.52 Å². The Morgan fingerprint density at radius 3 is 2.28 bits per heavy atom. The highest BCUT2D eigenvalue weighted by Gasteiger charge is 2.28. The minimum Gasteiger partial charge on any atom is -0.355 e. The largest absolute Gasteiger partial charge is 0.355 e. The monoisotopic (exact) mass is 411 g/mol. The van der Waals surface area contributed by atoms with Crippen LogP contribution in [0.25, 0.3) is 11.3 Å². The molecule has 0 saturated carbocycles. The Bertz CT molecular complexity index is 1070. The number of piperidine rings is 1. The predicted octanol–water partition coefficient (Wildman–Crippen LogP) is 2.92. The number of sulfonamides is 1. The van der Waals surface area contributed by atoms with Crippen LogP contribution in [-0.4, -0.2) is 43.5 Å². The standard InChI is InChI=1S/C21H21N3O4S/c25-21(19-15-20(28-22-19)16-7-3-1-4-8-16)24-13-11-17(12-14-24)23-29(26,27)18-9-5-2-6-10-18/h1-10,15,17,23H,11-14H2. The summed E-state index contributed by atoms with van der Waals surface area (Å²) in [6.07, 6.45) is 1.09. The molecular formula is C21H21N3O4S. The highest BCUT2D eigenvalue weighted by Crippen LogP contribution is 2.22. The third-order valence-corrected chi connectivity index (χ3v) is 6.48. The van der Waals surface area contributed by atoms with Gasteiger partial charge in [0.1, 0.15) is 0 Å². The molecule has 0 unspecified atom stereocenters. The first-order valence-corrected chi connectivity index (χ1v) is 10.9. The van der Waals surface area contributed by atoms with Gasteiger partial charge in [-0.05, 0) is 25.0 Å². The third kappa shape index (κ3) is 4.38. The van der Waals surface area contributed by atoms with Crippen molar-refractivity contribution in [3.63, 3.8) is 0 Å². The summed E-state index contributed by atoms with van der Waals surface area (Å²) in [5.41, 5.74) is 1.11. The van der Waals surface area contributed by atoms with Crippen molar-refractivity contribution in [2.24, 2.45) is 0 Å². The summed E-state index contributed by atoms with van der Waals surface area (Å²) >= 11 is 0. The van der Waals surface area contributed by atoms with Crippen LogP contribution in [0.2, 0.25) is 0 Å². The van der Waals surface area contributed by atoms with Crippen molar-refractivity contribution in [3.05, 3.63) is 72.4 Å². The highest BCUT2D eigenvalue weighted by atomic mass is 32.2. The maximum atomic E-state index is 12.7. The van der Waals surface area contributed by atoms with Gasteiger partial charge in [0, 0.05) is 30.8 Å². The van der Waals surface area contributed by atoms with Crippen LogP contribution in [0.1, 0.15) is 23.3 Å². The normalized spacial score (nSPS) is 15.4. The van der Waals surface area contributed by atoms with Gasteiger partial charge in [0.15, 0.2) is 11.5 Å². The molecule has 1 aliphatic heterocycles. The van der Waals surface area contributed by atoms with E-state index in [0.717, 1.165) is 5.56 Å². The molecule has 0 spiro atoms. The van der Waals surface area contributed by atoms with Crippen molar-refractivity contribution in [3.8, 4) is 11.3 Å². The van der Waals surface area contributed by atoms with Crippen LogP contribution in [0.15, 0.2) is 76.1 Å². The molecular weight excluding hydrogens is 390 g/mol. The first kappa shape index (κ1) is 19.4. The zero-order valence-electron chi connectivity index (χ0n) is 15.7. The smallest absolute Gasteiger partial charge is 0.276 e.